The topological polar surface area (TPSA) is 70.8 Å². The second-order valence-electron chi connectivity index (χ2n) is 16.2. The third kappa shape index (κ3) is 3.42. The largest absolute Gasteiger partial charge is 0.336 e. The minimum atomic E-state index is -0.641. The van der Waals surface area contributed by atoms with Gasteiger partial charge in [0.25, 0.3) is 0 Å². The molecule has 5 aliphatic carbocycles. The van der Waals surface area contributed by atoms with E-state index < -0.39 is 10.8 Å². The maximum Gasteiger partial charge on any atom is 0.317 e. The molecule has 3 saturated carbocycles. The number of nitrogens with one attached hydrogen (secondary N) is 1. The number of urea groups is 1. The number of carbonyl (C=O) groups excluding carboxylic acids is 3. The molecule has 4 fully saturated rings. The second kappa shape index (κ2) is 8.33. The number of nitrogens with zero attached hydrogens (tertiary/aromatic N) is 2. The van der Waals surface area contributed by atoms with E-state index in [-0.39, 0.29) is 62.7 Å². The zero-order chi connectivity index (χ0) is 29.1. The van der Waals surface area contributed by atoms with Crippen molar-refractivity contribution in [3.05, 3.63) is 34.8 Å². The lowest BCUT2D eigenvalue weighted by atomic mass is 9.34. The smallest absolute Gasteiger partial charge is 0.317 e. The Balaban J connectivity index is 1.48. The number of Topliss-reactive ketones (excluding diaryl/α,β-unsaturated/α-hetero) is 1. The fraction of sp³-hybridized carbons (Fsp3) is 0.765. The average molecular weight is 546 g/mol. The number of hydrogen-bond acceptors (Lipinski definition) is 3. The van der Waals surface area contributed by atoms with Gasteiger partial charge in [-0.25, -0.2) is 9.64 Å². The number of fused-ring (bicyclic) bond motifs is 7. The first-order valence-corrected chi connectivity index (χ1v) is 15.5. The van der Waals surface area contributed by atoms with Crippen LogP contribution in [0.2, 0.25) is 0 Å². The van der Waals surface area contributed by atoms with Crippen LogP contribution >= 0.6 is 0 Å². The van der Waals surface area contributed by atoms with E-state index in [1.807, 2.05) is 30.9 Å². The Bertz CT molecular complexity index is 1300. The normalized spacial score (nSPS) is 45.2. The highest BCUT2D eigenvalue weighted by atomic mass is 16.2. The molecule has 7 atom stereocenters. The Morgan fingerprint density at radius 2 is 1.70 bits per heavy atom. The van der Waals surface area contributed by atoms with E-state index in [1.165, 1.54) is 0 Å². The van der Waals surface area contributed by atoms with E-state index in [2.05, 4.69) is 44.8 Å². The summed E-state index contributed by atoms with van der Waals surface area (Å²) in [7, 11) is 0. The van der Waals surface area contributed by atoms with Gasteiger partial charge in [0.2, 0.25) is 5.70 Å². The van der Waals surface area contributed by atoms with Gasteiger partial charge in [0.15, 0.2) is 11.6 Å². The fourth-order valence-corrected chi connectivity index (χ4v) is 11.0. The van der Waals surface area contributed by atoms with E-state index in [9.17, 15) is 14.4 Å². The lowest BCUT2D eigenvalue weighted by Gasteiger charge is -2.69. The molecule has 0 aromatic rings. The molecule has 1 heterocycles. The predicted molar refractivity (Wildman–Crippen MR) is 155 cm³/mol. The summed E-state index contributed by atoms with van der Waals surface area (Å²) < 4.78 is 0. The molecule has 0 bridgehead atoms. The Labute approximate surface area is 240 Å². The number of allylic oxidation sites excluding steroid dienone is 4. The molecule has 0 radical (unpaired) electrons. The highest BCUT2D eigenvalue weighted by molar-refractivity contribution is 6.03. The number of rotatable bonds is 2. The van der Waals surface area contributed by atoms with Gasteiger partial charge in [0.1, 0.15) is 0 Å². The molecule has 216 valence electrons. The number of ketones is 2. The van der Waals surface area contributed by atoms with Crippen molar-refractivity contribution >= 4 is 17.6 Å². The summed E-state index contributed by atoms with van der Waals surface area (Å²) in [5, 5.41) is 2.99. The summed E-state index contributed by atoms with van der Waals surface area (Å²) in [6.45, 7) is 25.7. The van der Waals surface area contributed by atoms with Crippen LogP contribution in [-0.4, -0.2) is 42.1 Å². The van der Waals surface area contributed by atoms with Gasteiger partial charge in [0, 0.05) is 36.4 Å². The van der Waals surface area contributed by atoms with Crippen LogP contribution in [0.3, 0.4) is 0 Å². The summed E-state index contributed by atoms with van der Waals surface area (Å²) in [5.41, 5.74) is -0.0342. The van der Waals surface area contributed by atoms with Gasteiger partial charge in [-0.2, -0.15) is 0 Å². The lowest BCUT2D eigenvalue weighted by molar-refractivity contribution is -0.173. The first-order valence-electron chi connectivity index (χ1n) is 15.5. The Morgan fingerprint density at radius 3 is 2.35 bits per heavy atom. The van der Waals surface area contributed by atoms with Crippen LogP contribution in [-0.2, 0) is 9.59 Å². The van der Waals surface area contributed by atoms with Crippen molar-refractivity contribution in [1.82, 2.24) is 10.2 Å². The molecule has 40 heavy (non-hydrogen) atoms. The first kappa shape index (κ1) is 27.7. The maximum atomic E-state index is 14.6. The number of amides is 2. The molecule has 6 aliphatic rings. The molecule has 1 aliphatic heterocycles. The van der Waals surface area contributed by atoms with Crippen molar-refractivity contribution in [3.8, 4) is 0 Å². The summed E-state index contributed by atoms with van der Waals surface area (Å²) in [6, 6.07) is 0.0403. The van der Waals surface area contributed by atoms with Gasteiger partial charge in [-0.05, 0) is 84.5 Å². The molecule has 0 unspecified atom stereocenters. The molecule has 0 aromatic heterocycles. The van der Waals surface area contributed by atoms with Crippen molar-refractivity contribution in [2.45, 2.75) is 93.4 Å². The monoisotopic (exact) mass is 545 g/mol. The zero-order valence-corrected chi connectivity index (χ0v) is 25.6. The quantitative estimate of drug-likeness (QED) is 0.398. The molecule has 6 rings (SSSR count). The third-order valence-corrected chi connectivity index (χ3v) is 13.5. The predicted octanol–water partition coefficient (Wildman–Crippen LogP) is 6.58. The fourth-order valence-electron chi connectivity index (χ4n) is 11.0. The van der Waals surface area contributed by atoms with Gasteiger partial charge in [-0.15, -0.1) is 0 Å². The molecular weight excluding hydrogens is 498 g/mol. The average Bonchev–Trinajstić information content (AvgIpc) is 3.27. The second-order valence-corrected chi connectivity index (χ2v) is 16.2. The summed E-state index contributed by atoms with van der Waals surface area (Å²) in [5.74, 6) is 0.396. The molecule has 1 saturated heterocycles. The van der Waals surface area contributed by atoms with Crippen LogP contribution < -0.4 is 5.32 Å². The molecule has 1 N–H and O–H groups in total. The van der Waals surface area contributed by atoms with Crippen molar-refractivity contribution in [3.63, 3.8) is 0 Å². The SMILES string of the molecule is [C-]#[N+]C1=C[C@]2(C)C3=CC(=O)[C@@H]4[C@@H]5CC(C)(C)CC[C@]5(CN5CCNC5=O)CC[C@@]4(C)[C@]3(C)CC[C@H]2C(C)(C)C1=O. The lowest BCUT2D eigenvalue weighted by Crippen LogP contribution is -2.65. The molecule has 0 spiro atoms. The van der Waals surface area contributed by atoms with E-state index in [0.717, 1.165) is 63.6 Å². The minimum Gasteiger partial charge on any atom is -0.336 e. The van der Waals surface area contributed by atoms with Crippen molar-refractivity contribution in [2.75, 3.05) is 19.6 Å². The van der Waals surface area contributed by atoms with Crippen molar-refractivity contribution in [2.24, 2.45) is 50.2 Å². The summed E-state index contributed by atoms with van der Waals surface area (Å²) >= 11 is 0. The highest BCUT2D eigenvalue weighted by Crippen LogP contribution is 2.74. The molecule has 6 heteroatoms. The van der Waals surface area contributed by atoms with Crippen LogP contribution in [0.1, 0.15) is 93.4 Å². The van der Waals surface area contributed by atoms with Crippen molar-refractivity contribution < 1.29 is 14.4 Å². The molecule has 0 aromatic carbocycles. The first-order chi connectivity index (χ1) is 18.5. The third-order valence-electron chi connectivity index (χ3n) is 13.5. The Morgan fingerprint density at radius 1 is 1.00 bits per heavy atom. The zero-order valence-electron chi connectivity index (χ0n) is 25.6. The van der Waals surface area contributed by atoms with Gasteiger partial charge in [-0.3, -0.25) is 4.79 Å². The van der Waals surface area contributed by atoms with Crippen molar-refractivity contribution in [1.29, 1.82) is 0 Å². The van der Waals surface area contributed by atoms with Gasteiger partial charge >= 0.3 is 6.03 Å². The number of carbonyl (C=O) groups is 3. The van der Waals surface area contributed by atoms with E-state index in [0.29, 0.717) is 6.54 Å². The maximum absolute atomic E-state index is 14.6. The van der Waals surface area contributed by atoms with E-state index in [4.69, 9.17) is 6.57 Å². The van der Waals surface area contributed by atoms with Gasteiger partial charge in [0.05, 0.1) is 6.57 Å². The van der Waals surface area contributed by atoms with Crippen LogP contribution in [0.25, 0.3) is 4.85 Å². The molecule has 6 nitrogen and oxygen atoms in total. The van der Waals surface area contributed by atoms with Crippen LogP contribution in [0.5, 0.6) is 0 Å². The van der Waals surface area contributed by atoms with Gasteiger partial charge < -0.3 is 15.0 Å². The van der Waals surface area contributed by atoms with E-state index in [1.54, 1.807) is 0 Å². The Kier molecular flexibility index (Phi) is 5.77. The van der Waals surface area contributed by atoms with Crippen LogP contribution in [0, 0.1) is 56.8 Å². The molecular formula is C34H47N3O3. The van der Waals surface area contributed by atoms with E-state index >= 15 is 0 Å². The van der Waals surface area contributed by atoms with Crippen LogP contribution in [0.15, 0.2) is 23.4 Å². The number of hydrogen-bond donors (Lipinski definition) is 1. The van der Waals surface area contributed by atoms with Gasteiger partial charge in [-0.1, -0.05) is 60.1 Å². The summed E-state index contributed by atoms with van der Waals surface area (Å²) in [4.78, 5) is 46.3. The Hall–Kier alpha value is -2.42. The summed E-state index contributed by atoms with van der Waals surface area (Å²) in [6.07, 6.45) is 11.0. The highest BCUT2D eigenvalue weighted by Gasteiger charge is 2.69. The molecule has 2 amide bonds. The standard InChI is InChI=1S/C34H47N3O3/c1-29(2)11-13-34(20-37-16-15-36-28(37)40)14-12-33(7)26(21(34)18-29)23(38)17-25-31(5)19-22(35-8)27(39)30(3,4)24(31)9-10-32(25,33)6/h17,19,21,24,26H,9-16,18,20H2,1-7H3,(H,36,40)/t21-,24-,26-,31-,32+,33+,34+/m0/s1. The minimum absolute atomic E-state index is 0.0315. The van der Waals surface area contributed by atoms with Crippen LogP contribution in [0.4, 0.5) is 4.79 Å².